The first-order valence-electron chi connectivity index (χ1n) is 8.47. The fraction of sp³-hybridized carbons (Fsp3) is 0.167. The third-order valence-electron chi connectivity index (χ3n) is 4.33. The van der Waals surface area contributed by atoms with E-state index in [1.807, 2.05) is 0 Å². The van der Waals surface area contributed by atoms with Gasteiger partial charge in [0, 0.05) is 25.0 Å². The maximum Gasteiger partial charge on any atom is 0.293 e. The number of hydrogen-bond acceptors (Lipinski definition) is 6. The molecule has 0 amide bonds. The summed E-state index contributed by atoms with van der Waals surface area (Å²) in [5, 5.41) is 14.2. The Bertz CT molecular complexity index is 1180. The molecule has 0 fully saturated rings. The second-order valence-corrected chi connectivity index (χ2v) is 8.01. The van der Waals surface area contributed by atoms with E-state index in [-0.39, 0.29) is 17.1 Å². The van der Waals surface area contributed by atoms with E-state index in [0.29, 0.717) is 17.1 Å². The molecule has 2 N–H and O–H groups in total. The summed E-state index contributed by atoms with van der Waals surface area (Å²) in [6, 6.07) is 8.15. The van der Waals surface area contributed by atoms with Crippen molar-refractivity contribution >= 4 is 21.4 Å². The number of halogens is 1. The SMILES string of the molecule is CNS(=O)(=O)c1ccc(NCc2ccc(-n3ccnc3C)c(F)c2)c([N+](=O)[O-])c1. The Morgan fingerprint density at radius 1 is 1.24 bits per heavy atom. The van der Waals surface area contributed by atoms with Crippen molar-refractivity contribution in [1.82, 2.24) is 14.3 Å². The fourth-order valence-corrected chi connectivity index (χ4v) is 3.53. The molecule has 0 aliphatic rings. The lowest BCUT2D eigenvalue weighted by molar-refractivity contribution is -0.384. The molecule has 0 radical (unpaired) electrons. The van der Waals surface area contributed by atoms with Crippen LogP contribution in [0.5, 0.6) is 0 Å². The van der Waals surface area contributed by atoms with Gasteiger partial charge in [-0.15, -0.1) is 0 Å². The van der Waals surface area contributed by atoms with E-state index in [2.05, 4.69) is 15.0 Å². The van der Waals surface area contributed by atoms with Crippen molar-refractivity contribution in [2.45, 2.75) is 18.4 Å². The predicted molar refractivity (Wildman–Crippen MR) is 105 cm³/mol. The minimum atomic E-state index is -3.81. The first kappa shape index (κ1) is 20.4. The zero-order chi connectivity index (χ0) is 21.2. The minimum absolute atomic E-state index is 0.110. The highest BCUT2D eigenvalue weighted by Crippen LogP contribution is 2.28. The van der Waals surface area contributed by atoms with Gasteiger partial charge in [0.1, 0.15) is 17.3 Å². The average molecular weight is 419 g/mol. The number of hydrogen-bond donors (Lipinski definition) is 2. The molecule has 152 valence electrons. The Morgan fingerprint density at radius 2 is 2.00 bits per heavy atom. The van der Waals surface area contributed by atoms with Gasteiger partial charge in [-0.1, -0.05) is 6.07 Å². The second-order valence-electron chi connectivity index (χ2n) is 6.13. The van der Waals surface area contributed by atoms with Crippen LogP contribution < -0.4 is 10.0 Å². The zero-order valence-electron chi connectivity index (χ0n) is 15.6. The third kappa shape index (κ3) is 4.25. The molecule has 0 saturated heterocycles. The number of aryl methyl sites for hydroxylation is 1. The van der Waals surface area contributed by atoms with Crippen molar-refractivity contribution in [2.75, 3.05) is 12.4 Å². The van der Waals surface area contributed by atoms with Gasteiger partial charge in [0.15, 0.2) is 0 Å². The molecule has 0 spiro atoms. The summed E-state index contributed by atoms with van der Waals surface area (Å²) < 4.78 is 41.9. The smallest absolute Gasteiger partial charge is 0.293 e. The predicted octanol–water partition coefficient (Wildman–Crippen LogP) is 2.75. The summed E-state index contributed by atoms with van der Waals surface area (Å²) in [5.74, 6) is 0.178. The molecule has 29 heavy (non-hydrogen) atoms. The largest absolute Gasteiger partial charge is 0.375 e. The van der Waals surface area contributed by atoms with Crippen LogP contribution in [0.2, 0.25) is 0 Å². The number of rotatable bonds is 7. The molecule has 1 aromatic heterocycles. The van der Waals surface area contributed by atoms with Gasteiger partial charge in [-0.3, -0.25) is 10.1 Å². The highest BCUT2D eigenvalue weighted by molar-refractivity contribution is 7.89. The number of nitro benzene ring substituents is 1. The molecule has 11 heteroatoms. The third-order valence-corrected chi connectivity index (χ3v) is 5.74. The van der Waals surface area contributed by atoms with Crippen molar-refractivity contribution in [1.29, 1.82) is 0 Å². The molecule has 3 rings (SSSR count). The molecule has 0 saturated carbocycles. The summed E-state index contributed by atoms with van der Waals surface area (Å²) in [4.78, 5) is 14.5. The van der Waals surface area contributed by atoms with Crippen LogP contribution in [0.25, 0.3) is 5.69 Å². The number of aromatic nitrogens is 2. The lowest BCUT2D eigenvalue weighted by Gasteiger charge is -2.11. The summed E-state index contributed by atoms with van der Waals surface area (Å²) >= 11 is 0. The van der Waals surface area contributed by atoms with Gasteiger partial charge in [0.25, 0.3) is 5.69 Å². The van der Waals surface area contributed by atoms with Gasteiger partial charge in [0.05, 0.1) is 15.5 Å². The highest BCUT2D eigenvalue weighted by atomic mass is 32.2. The van der Waals surface area contributed by atoms with Crippen LogP contribution >= 0.6 is 0 Å². The Kier molecular flexibility index (Phi) is 5.62. The Hall–Kier alpha value is -3.31. The zero-order valence-corrected chi connectivity index (χ0v) is 16.4. The molecular weight excluding hydrogens is 401 g/mol. The fourth-order valence-electron chi connectivity index (χ4n) is 2.78. The molecule has 3 aromatic rings. The molecular formula is C18H18FN5O4S. The maximum absolute atomic E-state index is 14.5. The summed E-state index contributed by atoms with van der Waals surface area (Å²) in [5.41, 5.74) is 0.633. The van der Waals surface area contributed by atoms with Crippen LogP contribution in [0, 0.1) is 22.9 Å². The number of sulfonamides is 1. The van der Waals surface area contributed by atoms with Crippen LogP contribution in [0.1, 0.15) is 11.4 Å². The molecule has 9 nitrogen and oxygen atoms in total. The lowest BCUT2D eigenvalue weighted by Crippen LogP contribution is -2.18. The summed E-state index contributed by atoms with van der Waals surface area (Å²) in [6.45, 7) is 1.87. The highest BCUT2D eigenvalue weighted by Gasteiger charge is 2.20. The molecule has 0 aliphatic carbocycles. The van der Waals surface area contributed by atoms with Crippen molar-refractivity contribution in [3.8, 4) is 5.69 Å². The first-order valence-corrected chi connectivity index (χ1v) is 9.96. The van der Waals surface area contributed by atoms with Gasteiger partial charge in [-0.2, -0.15) is 0 Å². The van der Waals surface area contributed by atoms with Gasteiger partial charge in [-0.25, -0.2) is 22.5 Å². The average Bonchev–Trinajstić information content (AvgIpc) is 3.11. The van der Waals surface area contributed by atoms with Crippen molar-refractivity contribution in [3.63, 3.8) is 0 Å². The first-order chi connectivity index (χ1) is 13.7. The van der Waals surface area contributed by atoms with E-state index in [9.17, 15) is 22.9 Å². The molecule has 0 aliphatic heterocycles. The van der Waals surface area contributed by atoms with Crippen molar-refractivity contribution in [3.05, 3.63) is 76.1 Å². The topological polar surface area (TPSA) is 119 Å². The molecule has 0 atom stereocenters. The molecule has 2 aromatic carbocycles. The van der Waals surface area contributed by atoms with E-state index in [0.717, 1.165) is 6.07 Å². The summed E-state index contributed by atoms with van der Waals surface area (Å²) in [6.07, 6.45) is 3.22. The lowest BCUT2D eigenvalue weighted by atomic mass is 10.1. The van der Waals surface area contributed by atoms with E-state index in [4.69, 9.17) is 0 Å². The van der Waals surface area contributed by atoms with Crippen molar-refractivity contribution < 1.29 is 17.7 Å². The van der Waals surface area contributed by atoms with Crippen LogP contribution in [-0.4, -0.2) is 29.9 Å². The number of nitrogens with one attached hydrogen (secondary N) is 2. The van der Waals surface area contributed by atoms with Crippen LogP contribution in [0.4, 0.5) is 15.8 Å². The number of nitro groups is 1. The quantitative estimate of drug-likeness (QED) is 0.449. The monoisotopic (exact) mass is 419 g/mol. The number of nitrogens with zero attached hydrogens (tertiary/aromatic N) is 3. The van der Waals surface area contributed by atoms with Gasteiger partial charge < -0.3 is 9.88 Å². The Balaban J connectivity index is 1.83. The maximum atomic E-state index is 14.5. The van der Waals surface area contributed by atoms with Crippen LogP contribution in [0.3, 0.4) is 0 Å². The van der Waals surface area contributed by atoms with E-state index in [1.165, 1.54) is 25.2 Å². The number of benzene rings is 2. The Morgan fingerprint density at radius 3 is 2.59 bits per heavy atom. The number of imidazole rings is 1. The van der Waals surface area contributed by atoms with E-state index in [1.54, 1.807) is 36.0 Å². The van der Waals surface area contributed by atoms with E-state index < -0.39 is 26.5 Å². The second kappa shape index (κ2) is 7.97. The standard InChI is InChI=1S/C18H18FN5O4S/c1-12-21-7-8-23(12)17-6-3-13(9-15(17)19)11-22-16-5-4-14(29(27,28)20-2)10-18(16)24(25)26/h3-10,20,22H,11H2,1-2H3. The molecule has 1 heterocycles. The summed E-state index contributed by atoms with van der Waals surface area (Å²) in [7, 11) is -2.59. The Labute approximate surface area is 166 Å². The van der Waals surface area contributed by atoms with Crippen LogP contribution in [-0.2, 0) is 16.6 Å². The number of anilines is 1. The van der Waals surface area contributed by atoms with Gasteiger partial charge in [0.2, 0.25) is 10.0 Å². The van der Waals surface area contributed by atoms with Crippen molar-refractivity contribution in [2.24, 2.45) is 0 Å². The molecule has 0 bridgehead atoms. The normalized spacial score (nSPS) is 11.4. The molecule has 0 unspecified atom stereocenters. The van der Waals surface area contributed by atoms with Crippen LogP contribution in [0.15, 0.2) is 53.7 Å². The van der Waals surface area contributed by atoms with Gasteiger partial charge >= 0.3 is 0 Å². The van der Waals surface area contributed by atoms with Gasteiger partial charge in [-0.05, 0) is 43.8 Å². The minimum Gasteiger partial charge on any atom is -0.375 e. The van der Waals surface area contributed by atoms with E-state index >= 15 is 0 Å².